The van der Waals surface area contributed by atoms with E-state index in [1.165, 1.54) is 0 Å². The number of aromatic amines is 2. The zero-order valence-electron chi connectivity index (χ0n) is 20.0. The van der Waals surface area contributed by atoms with Crippen LogP contribution in [0.25, 0.3) is 0 Å². The van der Waals surface area contributed by atoms with Crippen LogP contribution >= 0.6 is 11.6 Å². The van der Waals surface area contributed by atoms with Crippen molar-refractivity contribution in [3.05, 3.63) is 104 Å². The molecule has 0 fully saturated rings. The van der Waals surface area contributed by atoms with E-state index >= 15 is 0 Å². The summed E-state index contributed by atoms with van der Waals surface area (Å²) >= 11 is 5.45. The first kappa shape index (κ1) is 28.1. The Hall–Kier alpha value is -3.87. The fourth-order valence-corrected chi connectivity index (χ4v) is 4.31. The first-order chi connectivity index (χ1) is 18.3. The monoisotopic (exact) mass is 573 g/mol. The Balaban J connectivity index is 1.54. The normalized spacial score (nSPS) is 12.1. The van der Waals surface area contributed by atoms with Gasteiger partial charge in [-0.2, -0.15) is 36.5 Å². The Kier molecular flexibility index (Phi) is 7.73. The van der Waals surface area contributed by atoms with Gasteiger partial charge in [0.05, 0.1) is 22.5 Å². The lowest BCUT2D eigenvalue weighted by Gasteiger charge is -2.16. The van der Waals surface area contributed by atoms with Crippen LogP contribution in [0.4, 0.5) is 30.7 Å². The van der Waals surface area contributed by atoms with Crippen LogP contribution in [0.3, 0.4) is 0 Å². The van der Waals surface area contributed by atoms with E-state index in [4.69, 9.17) is 11.6 Å². The molecule has 0 spiro atoms. The van der Waals surface area contributed by atoms with E-state index < -0.39 is 63.7 Å². The molecule has 0 saturated heterocycles. The molecule has 0 aliphatic heterocycles. The van der Waals surface area contributed by atoms with E-state index in [9.17, 15) is 35.5 Å². The predicted molar refractivity (Wildman–Crippen MR) is 127 cm³/mol. The number of alkyl halides is 6. The molecular formula is C25H19ClF7N5O. The third kappa shape index (κ3) is 6.24. The molecule has 2 heterocycles. The van der Waals surface area contributed by atoms with Gasteiger partial charge in [0.25, 0.3) is 5.91 Å². The van der Waals surface area contributed by atoms with E-state index in [1.807, 2.05) is 12.2 Å². The predicted octanol–water partition coefficient (Wildman–Crippen LogP) is 6.38. The molecule has 1 amide bonds. The van der Waals surface area contributed by atoms with Crippen LogP contribution in [0.5, 0.6) is 0 Å². The topological polar surface area (TPSA) is 86.5 Å². The molecule has 0 aliphatic carbocycles. The molecule has 3 N–H and O–H groups in total. The lowest BCUT2D eigenvalue weighted by Crippen LogP contribution is -2.27. The van der Waals surface area contributed by atoms with Crippen molar-refractivity contribution in [2.75, 3.05) is 0 Å². The van der Waals surface area contributed by atoms with Gasteiger partial charge >= 0.3 is 12.4 Å². The van der Waals surface area contributed by atoms with Crippen molar-refractivity contribution < 1.29 is 35.5 Å². The number of halogens is 8. The molecule has 0 saturated carbocycles. The molecule has 2 aromatic heterocycles. The number of nitrogens with one attached hydrogen (secondary N) is 3. The van der Waals surface area contributed by atoms with Crippen molar-refractivity contribution in [3.63, 3.8) is 0 Å². The third-order valence-electron chi connectivity index (χ3n) is 5.96. The minimum absolute atomic E-state index is 0.246. The highest BCUT2D eigenvalue weighted by atomic mass is 35.5. The van der Waals surface area contributed by atoms with Crippen molar-refractivity contribution in [1.82, 2.24) is 25.7 Å². The average molecular weight is 574 g/mol. The highest BCUT2D eigenvalue weighted by molar-refractivity contribution is 6.31. The highest BCUT2D eigenvalue weighted by Crippen LogP contribution is 2.39. The summed E-state index contributed by atoms with van der Waals surface area (Å²) in [4.78, 5) is 12.6. The van der Waals surface area contributed by atoms with Gasteiger partial charge in [-0.25, -0.2) is 4.39 Å². The third-order valence-corrected chi connectivity index (χ3v) is 6.33. The molecule has 4 rings (SSSR count). The number of aromatic nitrogens is 4. The van der Waals surface area contributed by atoms with Gasteiger partial charge in [-0.05, 0) is 35.2 Å². The standard InChI is InChI=1S/C25H19ClF7N5O/c1-12-10-35-36-17(12)8-13-2-4-14(5-3-13)9-18-20(25(31,32)33)22(38-37-18)23(39)34-11-15-6-7-16(27)21(26)19(15)24(28,29)30/h2-7,10H,8-9,11H2,1H3,(H,34,39)(H,35,36)(H,37,38). The summed E-state index contributed by atoms with van der Waals surface area (Å²) in [6, 6.07) is 8.17. The van der Waals surface area contributed by atoms with Gasteiger partial charge in [-0.3, -0.25) is 15.0 Å². The highest BCUT2D eigenvalue weighted by Gasteiger charge is 2.41. The molecule has 0 radical (unpaired) electrons. The summed E-state index contributed by atoms with van der Waals surface area (Å²) in [5.74, 6) is -2.71. The number of hydrogen-bond acceptors (Lipinski definition) is 3. The number of rotatable bonds is 7. The van der Waals surface area contributed by atoms with Crippen LogP contribution in [-0.4, -0.2) is 26.3 Å². The number of carbonyl (C=O) groups is 1. The molecule has 4 aromatic rings. The van der Waals surface area contributed by atoms with Crippen molar-refractivity contribution in [2.45, 2.75) is 38.7 Å². The first-order valence-corrected chi connectivity index (χ1v) is 11.7. The minimum atomic E-state index is -5.07. The molecule has 0 unspecified atom stereocenters. The minimum Gasteiger partial charge on any atom is -0.347 e. The summed E-state index contributed by atoms with van der Waals surface area (Å²) in [5.41, 5.74) is -1.68. The summed E-state index contributed by atoms with van der Waals surface area (Å²) in [6.07, 6.45) is -8.09. The number of amides is 1. The number of benzene rings is 2. The SMILES string of the molecule is Cc1cn[nH]c1Cc1ccc(Cc2[nH]nc(C(=O)NCc3ccc(F)c(Cl)c3C(F)(F)F)c2C(F)(F)F)cc1. The van der Waals surface area contributed by atoms with Gasteiger partial charge in [0.1, 0.15) is 11.4 Å². The van der Waals surface area contributed by atoms with E-state index in [-0.39, 0.29) is 6.42 Å². The van der Waals surface area contributed by atoms with Gasteiger partial charge in [0, 0.05) is 25.1 Å². The van der Waals surface area contributed by atoms with Crippen LogP contribution < -0.4 is 5.32 Å². The molecule has 206 valence electrons. The summed E-state index contributed by atoms with van der Waals surface area (Å²) in [5, 5.41) is 13.3. The lowest BCUT2D eigenvalue weighted by atomic mass is 10.0. The van der Waals surface area contributed by atoms with Crippen molar-refractivity contribution >= 4 is 17.5 Å². The van der Waals surface area contributed by atoms with E-state index in [0.717, 1.165) is 22.9 Å². The maximum atomic E-state index is 13.9. The fourth-order valence-electron chi connectivity index (χ4n) is 4.01. The molecule has 0 aliphatic rings. The van der Waals surface area contributed by atoms with E-state index in [2.05, 4.69) is 20.4 Å². The molecular weight excluding hydrogens is 555 g/mol. The average Bonchev–Trinajstić information content (AvgIpc) is 3.46. The molecule has 2 aromatic carbocycles. The Morgan fingerprint density at radius 2 is 1.49 bits per heavy atom. The number of H-pyrrole nitrogens is 2. The second-order valence-corrected chi connectivity index (χ2v) is 9.08. The number of aryl methyl sites for hydroxylation is 1. The summed E-state index contributed by atoms with van der Waals surface area (Å²) in [6.45, 7) is 1.02. The van der Waals surface area contributed by atoms with Crippen molar-refractivity contribution in [2.24, 2.45) is 0 Å². The smallest absolute Gasteiger partial charge is 0.347 e. The zero-order chi connectivity index (χ0) is 28.5. The van der Waals surface area contributed by atoms with Crippen LogP contribution in [-0.2, 0) is 31.7 Å². The maximum absolute atomic E-state index is 13.9. The lowest BCUT2D eigenvalue weighted by molar-refractivity contribution is -0.139. The second-order valence-electron chi connectivity index (χ2n) is 8.70. The summed E-state index contributed by atoms with van der Waals surface area (Å²) < 4.78 is 95.5. The van der Waals surface area contributed by atoms with E-state index in [0.29, 0.717) is 18.1 Å². The largest absolute Gasteiger partial charge is 0.420 e. The molecule has 0 bridgehead atoms. The maximum Gasteiger partial charge on any atom is 0.420 e. The van der Waals surface area contributed by atoms with Gasteiger partial charge in [-0.1, -0.05) is 41.9 Å². The first-order valence-electron chi connectivity index (χ1n) is 11.3. The van der Waals surface area contributed by atoms with Crippen LogP contribution in [0, 0.1) is 12.7 Å². The zero-order valence-corrected chi connectivity index (χ0v) is 20.7. The molecule has 39 heavy (non-hydrogen) atoms. The van der Waals surface area contributed by atoms with Gasteiger partial charge in [0.2, 0.25) is 0 Å². The number of carbonyl (C=O) groups excluding carboxylic acids is 1. The Bertz CT molecular complexity index is 1490. The molecule has 0 atom stereocenters. The fraction of sp³-hybridized carbons (Fsp3) is 0.240. The van der Waals surface area contributed by atoms with Gasteiger partial charge in [0.15, 0.2) is 5.69 Å². The Labute approximate surface area is 221 Å². The Morgan fingerprint density at radius 1 is 0.897 bits per heavy atom. The van der Waals surface area contributed by atoms with E-state index in [1.54, 1.807) is 30.5 Å². The van der Waals surface area contributed by atoms with Gasteiger partial charge in [-0.15, -0.1) is 0 Å². The van der Waals surface area contributed by atoms with Crippen molar-refractivity contribution in [1.29, 1.82) is 0 Å². The summed E-state index contributed by atoms with van der Waals surface area (Å²) in [7, 11) is 0. The molecule has 6 nitrogen and oxygen atoms in total. The number of hydrogen-bond donors (Lipinski definition) is 3. The number of nitrogens with zero attached hydrogens (tertiary/aromatic N) is 2. The Morgan fingerprint density at radius 3 is 2.03 bits per heavy atom. The quantitative estimate of drug-likeness (QED) is 0.224. The van der Waals surface area contributed by atoms with Crippen molar-refractivity contribution in [3.8, 4) is 0 Å². The second kappa shape index (κ2) is 10.7. The molecule has 14 heteroatoms. The van der Waals surface area contributed by atoms with Gasteiger partial charge < -0.3 is 5.32 Å². The van der Waals surface area contributed by atoms with Crippen LogP contribution in [0.1, 0.15) is 55.3 Å². The van der Waals surface area contributed by atoms with Crippen LogP contribution in [0.15, 0.2) is 42.6 Å². The van der Waals surface area contributed by atoms with Crippen LogP contribution in [0.2, 0.25) is 5.02 Å².